The van der Waals surface area contributed by atoms with E-state index in [1.807, 2.05) is 34.0 Å². The molecule has 1 aliphatic heterocycles. The highest BCUT2D eigenvalue weighted by Gasteiger charge is 2.52. The van der Waals surface area contributed by atoms with Gasteiger partial charge < -0.3 is 14.3 Å². The van der Waals surface area contributed by atoms with Crippen LogP contribution in [0.4, 0.5) is 0 Å². The molecule has 0 radical (unpaired) electrons. The molecule has 0 saturated carbocycles. The first kappa shape index (κ1) is 20.3. The van der Waals surface area contributed by atoms with E-state index in [4.69, 9.17) is 9.31 Å². The molecule has 2 heterocycles. The third-order valence-electron chi connectivity index (χ3n) is 4.34. The minimum Gasteiger partial charge on any atom is -0.400 e. The van der Waals surface area contributed by atoms with Crippen LogP contribution in [0, 0.1) is 0 Å². The molecule has 6 nitrogen and oxygen atoms in total. The van der Waals surface area contributed by atoms with Crippen molar-refractivity contribution in [3.05, 3.63) is 27.6 Å². The third kappa shape index (κ3) is 4.78. The number of carbonyl (C=O) groups excluding carboxylic acids is 1. The number of hydrogen-bond donors (Lipinski definition) is 1. The molecule has 1 aromatic rings. The first-order chi connectivity index (χ1) is 11.6. The molecule has 1 saturated heterocycles. The summed E-state index contributed by atoms with van der Waals surface area (Å²) in [4.78, 5) is 30.5. The highest BCUT2D eigenvalue weighted by molar-refractivity contribution is 8.13. The van der Waals surface area contributed by atoms with Gasteiger partial charge in [-0.3, -0.25) is 9.59 Å². The Balaban J connectivity index is 2.37. The first-order valence-electron chi connectivity index (χ1n) is 7.88. The topological polar surface area (TPSA) is 81.3 Å². The quantitative estimate of drug-likeness (QED) is 0.476. The summed E-state index contributed by atoms with van der Waals surface area (Å²) in [5.74, 6) is 0.385. The van der Waals surface area contributed by atoms with E-state index in [9.17, 15) is 9.59 Å². The normalized spacial score (nSPS) is 19.3. The molecule has 1 fully saturated rings. The van der Waals surface area contributed by atoms with Crippen molar-refractivity contribution >= 4 is 41.8 Å². The average Bonchev–Trinajstić information content (AvgIpc) is 2.72. The first-order valence-corrected chi connectivity index (χ1v) is 10.1. The van der Waals surface area contributed by atoms with Crippen LogP contribution < -0.4 is 5.56 Å². The van der Waals surface area contributed by atoms with Crippen LogP contribution in [0.3, 0.4) is 0 Å². The van der Waals surface area contributed by atoms with Gasteiger partial charge in [-0.15, -0.1) is 0 Å². The summed E-state index contributed by atoms with van der Waals surface area (Å²) in [6, 6.07) is 0. The van der Waals surface area contributed by atoms with Crippen LogP contribution >= 0.6 is 23.5 Å². The highest BCUT2D eigenvalue weighted by atomic mass is 32.2. The Kier molecular flexibility index (Phi) is 6.24. The molecule has 0 bridgehead atoms. The Morgan fingerprint density at radius 1 is 1.32 bits per heavy atom. The number of hydrogen-bond acceptors (Lipinski definition) is 7. The van der Waals surface area contributed by atoms with Gasteiger partial charge in [0.15, 0.2) is 10.3 Å². The molecule has 25 heavy (non-hydrogen) atoms. The number of H-pyrrole nitrogens is 1. The molecule has 0 aromatic carbocycles. The van der Waals surface area contributed by atoms with Gasteiger partial charge in [-0.1, -0.05) is 29.6 Å². The van der Waals surface area contributed by atoms with Crippen molar-refractivity contribution in [3.8, 4) is 0 Å². The summed E-state index contributed by atoms with van der Waals surface area (Å²) in [5.41, 5.74) is -0.0910. The van der Waals surface area contributed by atoms with Crippen LogP contribution in [0.5, 0.6) is 0 Å². The third-order valence-corrected chi connectivity index (χ3v) is 5.81. The maximum atomic E-state index is 12.2. The summed E-state index contributed by atoms with van der Waals surface area (Å²) in [5, 5.41) is 0.546. The van der Waals surface area contributed by atoms with Crippen LogP contribution in [-0.2, 0) is 14.1 Å². The fourth-order valence-corrected chi connectivity index (χ4v) is 3.09. The van der Waals surface area contributed by atoms with Gasteiger partial charge in [0.05, 0.1) is 16.8 Å². The molecular weight excluding hydrogens is 359 g/mol. The van der Waals surface area contributed by atoms with Crippen molar-refractivity contribution in [2.45, 2.75) is 51.0 Å². The Hall–Kier alpha value is -1.03. The maximum Gasteiger partial charge on any atom is 0.491 e. The van der Waals surface area contributed by atoms with E-state index in [1.54, 1.807) is 6.08 Å². The van der Waals surface area contributed by atoms with Gasteiger partial charge in [-0.25, -0.2) is 4.98 Å². The van der Waals surface area contributed by atoms with Crippen LogP contribution in [0.1, 0.15) is 40.2 Å². The Labute approximate surface area is 156 Å². The summed E-state index contributed by atoms with van der Waals surface area (Å²) in [6.45, 7) is 9.36. The molecule has 0 atom stereocenters. The molecule has 136 valence electrons. The number of aromatic amines is 1. The summed E-state index contributed by atoms with van der Waals surface area (Å²) < 4.78 is 12.1. The van der Waals surface area contributed by atoms with Crippen molar-refractivity contribution in [1.82, 2.24) is 9.97 Å². The zero-order chi connectivity index (χ0) is 18.8. The second-order valence-electron chi connectivity index (χ2n) is 6.76. The molecule has 0 spiro atoms. The van der Waals surface area contributed by atoms with Crippen LogP contribution in [0.15, 0.2) is 21.6 Å². The number of thioether (sulfide) groups is 2. The van der Waals surface area contributed by atoms with Crippen LogP contribution in [0.2, 0.25) is 0 Å². The van der Waals surface area contributed by atoms with E-state index in [2.05, 4.69) is 9.97 Å². The molecule has 2 rings (SSSR count). The molecule has 0 aliphatic carbocycles. The van der Waals surface area contributed by atoms with Crippen molar-refractivity contribution < 1.29 is 14.1 Å². The van der Waals surface area contributed by atoms with Gasteiger partial charge in [0.1, 0.15) is 0 Å². The van der Waals surface area contributed by atoms with Gasteiger partial charge in [0, 0.05) is 18.9 Å². The maximum absolute atomic E-state index is 12.2. The van der Waals surface area contributed by atoms with Crippen molar-refractivity contribution in [2.75, 3.05) is 12.0 Å². The van der Waals surface area contributed by atoms with Gasteiger partial charge in [-0.2, -0.15) is 0 Å². The minimum absolute atomic E-state index is 0.00724. The molecule has 9 heteroatoms. The minimum atomic E-state index is -0.614. The fourth-order valence-electron chi connectivity index (χ4n) is 2.15. The van der Waals surface area contributed by atoms with Crippen molar-refractivity contribution in [2.24, 2.45) is 0 Å². The predicted molar refractivity (Wildman–Crippen MR) is 104 cm³/mol. The molecule has 1 aliphatic rings. The molecular formula is C16H23BN2O4S2. The lowest BCUT2D eigenvalue weighted by molar-refractivity contribution is -0.109. The van der Waals surface area contributed by atoms with Crippen LogP contribution in [0.25, 0.3) is 6.08 Å². The Bertz CT molecular complexity index is 730. The Morgan fingerprint density at radius 2 is 1.92 bits per heavy atom. The monoisotopic (exact) mass is 382 g/mol. The summed E-state index contributed by atoms with van der Waals surface area (Å²) in [6.07, 6.45) is 5.06. The zero-order valence-corrected chi connectivity index (χ0v) is 17.0. The average molecular weight is 382 g/mol. The highest BCUT2D eigenvalue weighted by Crippen LogP contribution is 2.39. The fraction of sp³-hybridized carbons (Fsp3) is 0.562. The Morgan fingerprint density at radius 3 is 2.40 bits per heavy atom. The second-order valence-corrected chi connectivity index (χ2v) is 8.71. The van der Waals surface area contributed by atoms with Crippen molar-refractivity contribution in [1.29, 1.82) is 0 Å². The summed E-state index contributed by atoms with van der Waals surface area (Å²) in [7, 11) is -0.614. The van der Waals surface area contributed by atoms with E-state index < -0.39 is 18.3 Å². The smallest absolute Gasteiger partial charge is 0.400 e. The number of nitrogens with zero attached hydrogens (tertiary/aromatic N) is 1. The standard InChI is InChI=1S/C16H23BN2O4S2/c1-10(20)25-9-12(17-22-15(2,3)16(4,5)23-17)7-11-8-18-14(24-6)19-13(11)21/h7-8H,9H2,1-6H3,(H,18,19,21). The predicted octanol–water partition coefficient (Wildman–Crippen LogP) is 2.79. The molecule has 1 aromatic heterocycles. The van der Waals surface area contributed by atoms with Gasteiger partial charge >= 0.3 is 7.12 Å². The number of carbonyl (C=O) groups is 1. The molecule has 0 amide bonds. The van der Waals surface area contributed by atoms with Gasteiger partial charge in [0.25, 0.3) is 5.56 Å². The van der Waals surface area contributed by atoms with Gasteiger partial charge in [0.2, 0.25) is 0 Å². The lowest BCUT2D eigenvalue weighted by Gasteiger charge is -2.32. The van der Waals surface area contributed by atoms with Crippen molar-refractivity contribution in [3.63, 3.8) is 0 Å². The SMILES string of the molecule is CSc1ncc(C=C(CSC(C)=O)B2OC(C)(C)C(C)(C)O2)c(=O)[nH]1. The van der Waals surface area contributed by atoms with E-state index in [1.165, 1.54) is 24.9 Å². The van der Waals surface area contributed by atoms with E-state index in [0.29, 0.717) is 16.5 Å². The van der Waals surface area contributed by atoms with Crippen LogP contribution in [-0.4, -0.2) is 45.4 Å². The van der Waals surface area contributed by atoms with E-state index in [0.717, 1.165) is 17.2 Å². The zero-order valence-electron chi connectivity index (χ0n) is 15.3. The largest absolute Gasteiger partial charge is 0.491 e. The number of aromatic nitrogens is 2. The lowest BCUT2D eigenvalue weighted by Crippen LogP contribution is -2.41. The van der Waals surface area contributed by atoms with E-state index in [-0.39, 0.29) is 10.7 Å². The van der Waals surface area contributed by atoms with Gasteiger partial charge in [-0.05, 0) is 39.4 Å². The number of nitrogens with one attached hydrogen (secondary N) is 1. The second kappa shape index (κ2) is 7.69. The number of rotatable bonds is 5. The summed E-state index contributed by atoms with van der Waals surface area (Å²) >= 11 is 2.52. The molecule has 1 N–H and O–H groups in total. The van der Waals surface area contributed by atoms with E-state index >= 15 is 0 Å². The molecule has 0 unspecified atom stereocenters. The lowest BCUT2D eigenvalue weighted by atomic mass is 9.78.